The predicted molar refractivity (Wildman–Crippen MR) is 31.5 cm³/mol. The van der Waals surface area contributed by atoms with Gasteiger partial charge in [-0.25, -0.2) is 16.8 Å². The monoisotopic (exact) mass is 405 g/mol. The molecule has 0 fully saturated rings. The zero-order valence-electron chi connectivity index (χ0n) is 6.84. The van der Waals surface area contributed by atoms with E-state index in [2.05, 4.69) is 0 Å². The summed E-state index contributed by atoms with van der Waals surface area (Å²) in [5.74, 6) is 0. The van der Waals surface area contributed by atoms with Crippen molar-refractivity contribution in [3.05, 3.63) is 0 Å². The van der Waals surface area contributed by atoms with Crippen LogP contribution < -0.4 is 0 Å². The molecule has 0 unspecified atom stereocenters. The molecule has 0 aromatic heterocycles. The number of halogens is 6. The molecule has 0 saturated heterocycles. The standard InChI is InChI=1S/2CHF3O3S.Ag/c2*2-1(3,4)8(5,6)7;/h2*(H,5,6,7);/q;;+2/p-2. The van der Waals surface area contributed by atoms with Crippen LogP contribution in [0.2, 0.25) is 0 Å². The van der Waals surface area contributed by atoms with E-state index in [1.54, 1.807) is 0 Å². The Balaban J connectivity index is -0.000000218. The van der Waals surface area contributed by atoms with Crippen LogP contribution in [0.3, 0.4) is 0 Å². The van der Waals surface area contributed by atoms with Gasteiger partial charge in [-0.15, -0.1) is 0 Å². The molecule has 0 saturated carbocycles. The number of rotatable bonds is 0. The average Bonchev–Trinajstić information content (AvgIpc) is 1.77. The SMILES string of the molecule is O=S(=O)([O-])C(F)(F)F.O=S(=O)([O-])C(F)(F)F.[Ag+2]. The molecule has 0 aliphatic carbocycles. The van der Waals surface area contributed by atoms with E-state index in [1.807, 2.05) is 0 Å². The smallest absolute Gasteiger partial charge is 0.741 e. The van der Waals surface area contributed by atoms with Crippen molar-refractivity contribution in [2.75, 3.05) is 0 Å². The van der Waals surface area contributed by atoms with Gasteiger partial charge >= 0.3 is 33.4 Å². The molecule has 0 bridgehead atoms. The van der Waals surface area contributed by atoms with E-state index in [0.717, 1.165) is 0 Å². The maximum absolute atomic E-state index is 10.7. The third kappa shape index (κ3) is 9.81. The molecule has 15 heteroatoms. The summed E-state index contributed by atoms with van der Waals surface area (Å²) in [6.07, 6.45) is 0. The van der Waals surface area contributed by atoms with Gasteiger partial charge in [-0.05, 0) is 0 Å². The first kappa shape index (κ1) is 22.3. The molecule has 1 radical (unpaired) electrons. The Morgan fingerprint density at radius 1 is 0.647 bits per heavy atom. The molecule has 0 spiro atoms. The fraction of sp³-hybridized carbons (Fsp3) is 1.00. The Hall–Kier alpha value is 0.140. The van der Waals surface area contributed by atoms with Gasteiger partial charge < -0.3 is 9.11 Å². The zero-order valence-corrected chi connectivity index (χ0v) is 9.95. The van der Waals surface area contributed by atoms with Crippen molar-refractivity contribution in [2.45, 2.75) is 11.0 Å². The molecular weight excluding hydrogens is 406 g/mol. The maximum Gasteiger partial charge on any atom is 2.00 e. The van der Waals surface area contributed by atoms with Crippen molar-refractivity contribution in [2.24, 2.45) is 0 Å². The fourth-order valence-corrected chi connectivity index (χ4v) is 0. The van der Waals surface area contributed by atoms with Crippen LogP contribution in [-0.4, -0.2) is 37.0 Å². The minimum absolute atomic E-state index is 0. The minimum atomic E-state index is -6.09. The van der Waals surface area contributed by atoms with Crippen LogP contribution in [-0.2, 0) is 42.6 Å². The molecule has 109 valence electrons. The average molecular weight is 406 g/mol. The second-order valence-electron chi connectivity index (χ2n) is 1.80. The molecule has 17 heavy (non-hydrogen) atoms. The zero-order chi connectivity index (χ0) is 14.0. The van der Waals surface area contributed by atoms with E-state index >= 15 is 0 Å². The van der Waals surface area contributed by atoms with Gasteiger partial charge in [0, 0.05) is 0 Å². The maximum atomic E-state index is 10.7. The van der Waals surface area contributed by atoms with Crippen LogP contribution in [0.25, 0.3) is 0 Å². The molecule has 6 nitrogen and oxygen atoms in total. The Morgan fingerprint density at radius 2 is 0.706 bits per heavy atom. The van der Waals surface area contributed by atoms with E-state index in [9.17, 15) is 26.3 Å². The predicted octanol–water partition coefficient (Wildman–Crippen LogP) is 0.100. The van der Waals surface area contributed by atoms with E-state index in [0.29, 0.717) is 0 Å². The van der Waals surface area contributed by atoms with Crippen molar-refractivity contribution in [1.82, 2.24) is 0 Å². The summed E-state index contributed by atoms with van der Waals surface area (Å²) in [5, 5.41) is 0. The van der Waals surface area contributed by atoms with Gasteiger partial charge in [0.2, 0.25) is 0 Å². The Morgan fingerprint density at radius 3 is 0.706 bits per heavy atom. The van der Waals surface area contributed by atoms with Crippen LogP contribution in [0.1, 0.15) is 0 Å². The summed E-state index contributed by atoms with van der Waals surface area (Å²) in [7, 11) is -12.2. The molecule has 0 N–H and O–H groups in total. The van der Waals surface area contributed by atoms with Crippen molar-refractivity contribution in [3.8, 4) is 0 Å². The van der Waals surface area contributed by atoms with E-state index in [4.69, 9.17) is 25.9 Å². The minimum Gasteiger partial charge on any atom is -0.741 e. The second kappa shape index (κ2) is 6.35. The van der Waals surface area contributed by atoms with Gasteiger partial charge in [-0.1, -0.05) is 0 Å². The van der Waals surface area contributed by atoms with Crippen LogP contribution >= 0.6 is 0 Å². The summed E-state index contributed by atoms with van der Waals surface area (Å²) >= 11 is 0. The molecule has 0 heterocycles. The van der Waals surface area contributed by atoms with Gasteiger partial charge in [0.05, 0.1) is 0 Å². The Labute approximate surface area is 106 Å². The first-order chi connectivity index (χ1) is 6.50. The third-order valence-electron chi connectivity index (χ3n) is 0.567. The largest absolute Gasteiger partial charge is 2.00 e. The number of alkyl halides is 6. The summed E-state index contributed by atoms with van der Waals surface area (Å²) < 4.78 is 118. The van der Waals surface area contributed by atoms with Gasteiger partial charge in [-0.2, -0.15) is 26.3 Å². The van der Waals surface area contributed by atoms with E-state index in [-0.39, 0.29) is 22.4 Å². The third-order valence-corrected chi connectivity index (χ3v) is 1.70. The first-order valence-corrected chi connectivity index (χ1v) is 5.36. The van der Waals surface area contributed by atoms with Crippen molar-refractivity contribution >= 4 is 20.2 Å². The van der Waals surface area contributed by atoms with Crippen LogP contribution in [0.5, 0.6) is 0 Å². The molecule has 0 rings (SSSR count). The molecule has 0 aliphatic heterocycles. The van der Waals surface area contributed by atoms with Crippen molar-refractivity contribution in [1.29, 1.82) is 0 Å². The first-order valence-electron chi connectivity index (χ1n) is 2.54. The van der Waals surface area contributed by atoms with Gasteiger partial charge in [0.15, 0.2) is 20.2 Å². The second-order valence-corrected chi connectivity index (χ2v) is 4.54. The normalized spacial score (nSPS) is 13.2. The number of hydrogen-bond acceptors (Lipinski definition) is 6. The summed E-state index contributed by atoms with van der Waals surface area (Å²) in [6.45, 7) is 0. The molecular formula is C2AgF6O6S2. The molecule has 0 atom stereocenters. The van der Waals surface area contributed by atoms with Crippen LogP contribution in [0.4, 0.5) is 26.3 Å². The summed E-state index contributed by atoms with van der Waals surface area (Å²) in [5.41, 5.74) is -11.3. The quantitative estimate of drug-likeness (QED) is 0.244. The van der Waals surface area contributed by atoms with E-state index in [1.165, 1.54) is 0 Å². The molecule has 0 aromatic rings. The van der Waals surface area contributed by atoms with Crippen molar-refractivity contribution < 1.29 is 74.7 Å². The summed E-state index contributed by atoms with van der Waals surface area (Å²) in [6, 6.07) is 0. The molecule has 0 aromatic carbocycles. The van der Waals surface area contributed by atoms with Crippen LogP contribution in [0, 0.1) is 0 Å². The fourth-order valence-electron chi connectivity index (χ4n) is 0. The van der Waals surface area contributed by atoms with Gasteiger partial charge in [0.1, 0.15) is 0 Å². The molecule has 0 amide bonds. The van der Waals surface area contributed by atoms with E-state index < -0.39 is 31.3 Å². The van der Waals surface area contributed by atoms with Crippen LogP contribution in [0.15, 0.2) is 0 Å². The number of hydrogen-bond donors (Lipinski definition) is 0. The summed E-state index contributed by atoms with van der Waals surface area (Å²) in [4.78, 5) is 0. The Bertz CT molecular complexity index is 374. The van der Waals surface area contributed by atoms with Crippen molar-refractivity contribution in [3.63, 3.8) is 0 Å². The topological polar surface area (TPSA) is 114 Å². The van der Waals surface area contributed by atoms with Gasteiger partial charge in [0.25, 0.3) is 0 Å². The Kier molecular flexibility index (Phi) is 8.34. The molecule has 0 aliphatic rings. The van der Waals surface area contributed by atoms with Gasteiger partial charge in [-0.3, -0.25) is 0 Å².